The lowest BCUT2D eigenvalue weighted by molar-refractivity contribution is -0.170. The molecule has 2 aromatic carbocycles. The van der Waals surface area contributed by atoms with Crippen molar-refractivity contribution in [3.63, 3.8) is 0 Å². The molecule has 2 atom stereocenters. The Labute approximate surface area is 199 Å². The van der Waals surface area contributed by atoms with Crippen molar-refractivity contribution in [2.75, 3.05) is 46.4 Å². The lowest BCUT2D eigenvalue weighted by atomic mass is 10.2. The smallest absolute Gasteiger partial charge is 0.147 e. The maximum atomic E-state index is 5.94. The van der Waals surface area contributed by atoms with Crippen LogP contribution in [0.25, 0.3) is 0 Å². The van der Waals surface area contributed by atoms with Crippen molar-refractivity contribution in [3.05, 3.63) is 71.8 Å². The van der Waals surface area contributed by atoms with E-state index in [1.165, 1.54) is 0 Å². The first-order valence-corrected chi connectivity index (χ1v) is 11.9. The van der Waals surface area contributed by atoms with Gasteiger partial charge < -0.3 is 28.4 Å². The molecular formula is C27H40O6. The quantitative estimate of drug-likeness (QED) is 0.205. The van der Waals surface area contributed by atoms with Crippen LogP contribution in [0.3, 0.4) is 0 Å². The van der Waals surface area contributed by atoms with E-state index in [9.17, 15) is 0 Å². The van der Waals surface area contributed by atoms with Gasteiger partial charge in [-0.3, -0.25) is 0 Å². The highest BCUT2D eigenvalue weighted by Gasteiger charge is 2.14. The molecule has 0 saturated heterocycles. The molecule has 0 aromatic heterocycles. The largest absolute Gasteiger partial charge is 0.379 e. The van der Waals surface area contributed by atoms with Gasteiger partial charge >= 0.3 is 0 Å². The summed E-state index contributed by atoms with van der Waals surface area (Å²) in [7, 11) is 0. The van der Waals surface area contributed by atoms with Crippen LogP contribution >= 0.6 is 0 Å². The van der Waals surface area contributed by atoms with E-state index in [1.807, 2.05) is 60.7 Å². The van der Waals surface area contributed by atoms with Gasteiger partial charge in [-0.1, -0.05) is 74.5 Å². The molecule has 0 heterocycles. The molecule has 0 bridgehead atoms. The van der Waals surface area contributed by atoms with Crippen LogP contribution in [0.15, 0.2) is 60.7 Å². The SMILES string of the molecule is CCCOCC(COCc1ccccc1)OCOC(COCCC)COCc1ccccc1. The van der Waals surface area contributed by atoms with Gasteiger partial charge in [0.05, 0.1) is 39.6 Å². The molecule has 33 heavy (non-hydrogen) atoms. The number of hydrogen-bond acceptors (Lipinski definition) is 6. The second-order valence-electron chi connectivity index (χ2n) is 7.85. The van der Waals surface area contributed by atoms with Crippen LogP contribution in [-0.2, 0) is 41.6 Å². The molecule has 2 rings (SSSR count). The van der Waals surface area contributed by atoms with Crippen molar-refractivity contribution in [1.29, 1.82) is 0 Å². The van der Waals surface area contributed by atoms with Crippen LogP contribution in [0.1, 0.15) is 37.8 Å². The summed E-state index contributed by atoms with van der Waals surface area (Å²) in [6.45, 7) is 8.56. The van der Waals surface area contributed by atoms with Gasteiger partial charge in [0, 0.05) is 13.2 Å². The maximum Gasteiger partial charge on any atom is 0.147 e. The Hall–Kier alpha value is -1.80. The number of hydrogen-bond donors (Lipinski definition) is 0. The lowest BCUT2D eigenvalue weighted by Gasteiger charge is -2.22. The topological polar surface area (TPSA) is 55.4 Å². The molecule has 6 nitrogen and oxygen atoms in total. The zero-order chi connectivity index (χ0) is 23.4. The summed E-state index contributed by atoms with van der Waals surface area (Å²) in [4.78, 5) is 0. The maximum absolute atomic E-state index is 5.94. The van der Waals surface area contributed by atoms with Crippen molar-refractivity contribution < 1.29 is 28.4 Å². The molecule has 0 amide bonds. The zero-order valence-corrected chi connectivity index (χ0v) is 20.2. The Balaban J connectivity index is 1.74. The number of ether oxygens (including phenoxy) is 6. The standard InChI is InChI=1S/C27H40O6/c1-3-15-28-19-26(21-30-17-24-11-7-5-8-12-24)32-23-33-27(20-29-16-4-2)22-31-18-25-13-9-6-10-14-25/h5-14,26-27H,3-4,15-23H2,1-2H3. The van der Waals surface area contributed by atoms with Gasteiger partial charge in [0.2, 0.25) is 0 Å². The molecule has 6 heteroatoms. The van der Waals surface area contributed by atoms with Crippen molar-refractivity contribution in [2.24, 2.45) is 0 Å². The van der Waals surface area contributed by atoms with Gasteiger partial charge in [-0.2, -0.15) is 0 Å². The monoisotopic (exact) mass is 460 g/mol. The molecule has 2 unspecified atom stereocenters. The molecule has 184 valence electrons. The van der Waals surface area contributed by atoms with Crippen LogP contribution in [0.2, 0.25) is 0 Å². The highest BCUT2D eigenvalue weighted by Crippen LogP contribution is 2.06. The Morgan fingerprint density at radius 1 is 0.545 bits per heavy atom. The van der Waals surface area contributed by atoms with E-state index in [2.05, 4.69) is 13.8 Å². The normalized spacial score (nSPS) is 13.2. The Kier molecular flexibility index (Phi) is 15.5. The molecule has 0 aliphatic rings. The van der Waals surface area contributed by atoms with Gasteiger partial charge in [-0.25, -0.2) is 0 Å². The third-order valence-electron chi connectivity index (χ3n) is 4.74. The molecule has 0 saturated carbocycles. The average molecular weight is 461 g/mol. The second kappa shape index (κ2) is 18.6. The molecule has 0 N–H and O–H groups in total. The van der Waals surface area contributed by atoms with Gasteiger partial charge in [-0.15, -0.1) is 0 Å². The van der Waals surface area contributed by atoms with Crippen LogP contribution in [0.4, 0.5) is 0 Å². The highest BCUT2D eigenvalue weighted by molar-refractivity contribution is 5.14. The third-order valence-corrected chi connectivity index (χ3v) is 4.74. The van der Waals surface area contributed by atoms with E-state index in [-0.39, 0.29) is 19.0 Å². The van der Waals surface area contributed by atoms with Gasteiger partial charge in [0.25, 0.3) is 0 Å². The minimum Gasteiger partial charge on any atom is -0.379 e. The fourth-order valence-corrected chi connectivity index (χ4v) is 3.00. The van der Waals surface area contributed by atoms with Crippen LogP contribution < -0.4 is 0 Å². The summed E-state index contributed by atoms with van der Waals surface area (Å²) < 4.78 is 35.0. The average Bonchev–Trinajstić information content (AvgIpc) is 2.85. The van der Waals surface area contributed by atoms with E-state index in [1.54, 1.807) is 0 Å². The molecule has 0 radical (unpaired) electrons. The van der Waals surface area contributed by atoms with Crippen molar-refractivity contribution in [1.82, 2.24) is 0 Å². The van der Waals surface area contributed by atoms with Crippen LogP contribution in [0.5, 0.6) is 0 Å². The Bertz CT molecular complexity index is 622. The fraction of sp³-hybridized carbons (Fsp3) is 0.556. The summed E-state index contributed by atoms with van der Waals surface area (Å²) in [5, 5.41) is 0. The molecule has 0 aliphatic heterocycles. The van der Waals surface area contributed by atoms with Crippen molar-refractivity contribution >= 4 is 0 Å². The molecule has 0 spiro atoms. The van der Waals surface area contributed by atoms with Gasteiger partial charge in [0.1, 0.15) is 19.0 Å². The van der Waals surface area contributed by atoms with E-state index < -0.39 is 0 Å². The van der Waals surface area contributed by atoms with Crippen molar-refractivity contribution in [2.45, 2.75) is 52.1 Å². The molecule has 2 aromatic rings. The van der Waals surface area contributed by atoms with Crippen molar-refractivity contribution in [3.8, 4) is 0 Å². The summed E-state index contributed by atoms with van der Waals surface area (Å²) in [6.07, 6.45) is 1.51. The number of benzene rings is 2. The van der Waals surface area contributed by atoms with Crippen LogP contribution in [0, 0.1) is 0 Å². The summed E-state index contributed by atoms with van der Waals surface area (Å²) in [5.41, 5.74) is 2.26. The first-order valence-electron chi connectivity index (χ1n) is 11.9. The van der Waals surface area contributed by atoms with E-state index in [0.29, 0.717) is 52.9 Å². The van der Waals surface area contributed by atoms with E-state index in [0.717, 1.165) is 24.0 Å². The lowest BCUT2D eigenvalue weighted by Crippen LogP contribution is -2.31. The molecule has 0 fully saturated rings. The Morgan fingerprint density at radius 2 is 0.939 bits per heavy atom. The van der Waals surface area contributed by atoms with Gasteiger partial charge in [-0.05, 0) is 24.0 Å². The number of rotatable bonds is 20. The zero-order valence-electron chi connectivity index (χ0n) is 20.2. The first-order chi connectivity index (χ1) is 16.3. The molecular weight excluding hydrogens is 420 g/mol. The summed E-state index contributed by atoms with van der Waals surface area (Å²) in [6, 6.07) is 20.2. The fourth-order valence-electron chi connectivity index (χ4n) is 3.00. The molecule has 0 aliphatic carbocycles. The van der Waals surface area contributed by atoms with E-state index in [4.69, 9.17) is 28.4 Å². The third kappa shape index (κ3) is 13.5. The van der Waals surface area contributed by atoms with Gasteiger partial charge in [0.15, 0.2) is 0 Å². The minimum absolute atomic E-state index is 0.129. The predicted molar refractivity (Wildman–Crippen MR) is 129 cm³/mol. The minimum atomic E-state index is -0.206. The Morgan fingerprint density at radius 3 is 1.33 bits per heavy atom. The van der Waals surface area contributed by atoms with E-state index >= 15 is 0 Å². The highest BCUT2D eigenvalue weighted by atomic mass is 16.7. The predicted octanol–water partition coefficient (Wildman–Crippen LogP) is 5.00. The summed E-state index contributed by atoms with van der Waals surface area (Å²) in [5.74, 6) is 0. The van der Waals surface area contributed by atoms with Crippen LogP contribution in [-0.4, -0.2) is 58.6 Å². The second-order valence-corrected chi connectivity index (χ2v) is 7.85. The summed E-state index contributed by atoms with van der Waals surface area (Å²) >= 11 is 0. The first kappa shape index (κ1) is 27.4.